The first-order valence-corrected chi connectivity index (χ1v) is 10.5. The van der Waals surface area contributed by atoms with Gasteiger partial charge in [0.15, 0.2) is 5.82 Å². The molecule has 0 radical (unpaired) electrons. The number of nitriles is 1. The van der Waals surface area contributed by atoms with E-state index < -0.39 is 0 Å². The molecule has 2 N–H and O–H groups in total. The Balaban J connectivity index is 1.47. The van der Waals surface area contributed by atoms with Crippen LogP contribution in [0.5, 0.6) is 0 Å². The van der Waals surface area contributed by atoms with Gasteiger partial charge in [0.05, 0.1) is 36.2 Å². The number of fused-ring (bicyclic) bond motifs is 2. The van der Waals surface area contributed by atoms with Crippen LogP contribution >= 0.6 is 0 Å². The molecule has 1 aliphatic heterocycles. The lowest BCUT2D eigenvalue weighted by Gasteiger charge is -2.23. The van der Waals surface area contributed by atoms with Crippen molar-refractivity contribution in [3.8, 4) is 17.3 Å². The summed E-state index contributed by atoms with van der Waals surface area (Å²) in [6.45, 7) is 2.78. The summed E-state index contributed by atoms with van der Waals surface area (Å²) in [5, 5.41) is 27.2. The number of nitrogens with zero attached hydrogens (tertiary/aromatic N) is 6. The molecule has 9 nitrogen and oxygen atoms in total. The largest absolute Gasteiger partial charge is 0.395 e. The fraction of sp³-hybridized carbons (Fsp3) is 0.348. The minimum absolute atomic E-state index is 0.0187. The summed E-state index contributed by atoms with van der Waals surface area (Å²) in [6, 6.07) is 9.87. The Hall–Kier alpha value is -3.77. The zero-order chi connectivity index (χ0) is 22.5. The van der Waals surface area contributed by atoms with E-state index in [9.17, 15) is 15.2 Å². The third-order valence-corrected chi connectivity index (χ3v) is 6.46. The second kappa shape index (κ2) is 7.43. The van der Waals surface area contributed by atoms with Crippen molar-refractivity contribution in [2.45, 2.75) is 38.3 Å². The van der Waals surface area contributed by atoms with Crippen molar-refractivity contribution >= 4 is 17.7 Å². The van der Waals surface area contributed by atoms with E-state index in [0.717, 1.165) is 35.2 Å². The van der Waals surface area contributed by atoms with Gasteiger partial charge in [-0.2, -0.15) is 10.4 Å². The smallest absolute Gasteiger partial charge is 0.244 e. The van der Waals surface area contributed by atoms with Crippen LogP contribution in [0, 0.1) is 11.3 Å². The zero-order valence-corrected chi connectivity index (χ0v) is 18.0. The molecule has 1 unspecified atom stereocenters. The third-order valence-electron chi connectivity index (χ3n) is 6.46. The zero-order valence-electron chi connectivity index (χ0n) is 18.0. The molecule has 3 heterocycles. The van der Waals surface area contributed by atoms with E-state index in [0.29, 0.717) is 29.6 Å². The molecule has 162 valence electrons. The first kappa shape index (κ1) is 20.2. The van der Waals surface area contributed by atoms with Crippen LogP contribution in [0.25, 0.3) is 11.3 Å². The Morgan fingerprint density at radius 2 is 2.16 bits per heavy atom. The number of benzene rings is 1. The maximum absolute atomic E-state index is 11.9. The molecule has 0 saturated carbocycles. The Morgan fingerprint density at radius 3 is 2.94 bits per heavy atom. The van der Waals surface area contributed by atoms with Crippen molar-refractivity contribution in [3.05, 3.63) is 52.8 Å². The number of rotatable bonds is 4. The minimum Gasteiger partial charge on any atom is -0.395 e. The summed E-state index contributed by atoms with van der Waals surface area (Å²) in [4.78, 5) is 22.5. The van der Waals surface area contributed by atoms with Crippen molar-refractivity contribution < 1.29 is 9.90 Å². The molecule has 9 heteroatoms. The lowest BCUT2D eigenvalue weighted by Crippen LogP contribution is -2.36. The van der Waals surface area contributed by atoms with Gasteiger partial charge in [0.1, 0.15) is 6.54 Å². The van der Waals surface area contributed by atoms with Crippen LogP contribution in [-0.2, 0) is 29.7 Å². The van der Waals surface area contributed by atoms with Gasteiger partial charge in [0, 0.05) is 30.3 Å². The number of carbonyl (C=O) groups is 1. The van der Waals surface area contributed by atoms with Gasteiger partial charge in [0.25, 0.3) is 0 Å². The highest BCUT2D eigenvalue weighted by atomic mass is 16.3. The van der Waals surface area contributed by atoms with E-state index in [-0.39, 0.29) is 24.5 Å². The summed E-state index contributed by atoms with van der Waals surface area (Å²) in [5.74, 6) is 0.964. The number of aliphatic hydroxyl groups is 1. The molecule has 1 aliphatic carbocycles. The fourth-order valence-corrected chi connectivity index (χ4v) is 4.48. The van der Waals surface area contributed by atoms with Gasteiger partial charge in [-0.05, 0) is 42.2 Å². The van der Waals surface area contributed by atoms with Gasteiger partial charge in [-0.1, -0.05) is 6.92 Å². The number of hydrogen-bond donors (Lipinski definition) is 2. The molecule has 2 aliphatic rings. The number of aliphatic hydroxyl groups excluding tert-OH is 1. The van der Waals surface area contributed by atoms with E-state index in [4.69, 9.17) is 0 Å². The van der Waals surface area contributed by atoms with Gasteiger partial charge >= 0.3 is 0 Å². The van der Waals surface area contributed by atoms with Crippen LogP contribution in [0.1, 0.15) is 35.7 Å². The normalized spacial score (nSPS) is 19.4. The summed E-state index contributed by atoms with van der Waals surface area (Å²) < 4.78 is 1.68. The first-order chi connectivity index (χ1) is 15.4. The van der Waals surface area contributed by atoms with E-state index in [1.165, 1.54) is 0 Å². The second-order valence-electron chi connectivity index (χ2n) is 8.70. The number of likely N-dealkylation sites (N-methyl/N-ethyl adjacent to an activating group) is 1. The van der Waals surface area contributed by atoms with Crippen LogP contribution in [0.4, 0.5) is 11.8 Å². The van der Waals surface area contributed by atoms with Crippen molar-refractivity contribution in [3.63, 3.8) is 0 Å². The Kier molecular flexibility index (Phi) is 4.68. The van der Waals surface area contributed by atoms with Gasteiger partial charge in [-0.25, -0.2) is 9.97 Å². The summed E-state index contributed by atoms with van der Waals surface area (Å²) >= 11 is 0. The Bertz CT molecular complexity index is 1280. The maximum Gasteiger partial charge on any atom is 0.244 e. The second-order valence-corrected chi connectivity index (χ2v) is 8.70. The Labute approximate surface area is 185 Å². The maximum atomic E-state index is 11.9. The molecule has 1 aromatic carbocycles. The molecular formula is C23H23N7O2. The molecule has 1 atom stereocenters. The van der Waals surface area contributed by atoms with Crippen molar-refractivity contribution in [2.24, 2.45) is 0 Å². The molecule has 1 amide bonds. The monoisotopic (exact) mass is 429 g/mol. The lowest BCUT2D eigenvalue weighted by atomic mass is 9.83. The van der Waals surface area contributed by atoms with Crippen LogP contribution in [0.15, 0.2) is 30.5 Å². The van der Waals surface area contributed by atoms with Crippen LogP contribution < -0.4 is 5.32 Å². The van der Waals surface area contributed by atoms with Crippen LogP contribution in [0.2, 0.25) is 0 Å². The third kappa shape index (κ3) is 3.29. The average Bonchev–Trinajstić information content (AvgIpc) is 3.34. The molecule has 0 fully saturated rings. The standard InChI is InChI=1S/C23H23N7O2/c1-23(13-31)5-3-17-15(10-24)7-14(8-18(17)23)19-4-6-25-22(26-19)27-20-9-16-11-29(2)21(32)12-30(16)28-20/h4,6-9,31H,3,5,11-13H2,1-2H3,(H,25,26,27,28). The minimum atomic E-state index is -0.356. The van der Waals surface area contributed by atoms with Crippen molar-refractivity contribution in [1.82, 2.24) is 24.6 Å². The highest BCUT2D eigenvalue weighted by Crippen LogP contribution is 2.42. The molecule has 32 heavy (non-hydrogen) atoms. The summed E-state index contributed by atoms with van der Waals surface area (Å²) in [7, 11) is 1.77. The first-order valence-electron chi connectivity index (χ1n) is 10.5. The molecular weight excluding hydrogens is 406 g/mol. The Morgan fingerprint density at radius 1 is 1.31 bits per heavy atom. The number of carbonyl (C=O) groups excluding carboxylic acids is 1. The van der Waals surface area contributed by atoms with E-state index >= 15 is 0 Å². The average molecular weight is 429 g/mol. The van der Waals surface area contributed by atoms with Crippen LogP contribution in [-0.4, -0.2) is 49.3 Å². The topological polar surface area (TPSA) is 120 Å². The predicted octanol–water partition coefficient (Wildman–Crippen LogP) is 2.12. The summed E-state index contributed by atoms with van der Waals surface area (Å²) in [6.07, 6.45) is 3.26. The van der Waals surface area contributed by atoms with Gasteiger partial charge in [-0.3, -0.25) is 9.48 Å². The molecule has 3 aromatic rings. The highest BCUT2D eigenvalue weighted by molar-refractivity contribution is 5.77. The van der Waals surface area contributed by atoms with E-state index in [1.54, 1.807) is 28.9 Å². The van der Waals surface area contributed by atoms with Gasteiger partial charge in [0.2, 0.25) is 11.9 Å². The molecule has 0 bridgehead atoms. The quantitative estimate of drug-likeness (QED) is 0.652. The SMILES string of the molecule is CN1Cc2cc(Nc3nccc(-c4cc(C#N)c5c(c4)C(C)(CO)CC5)n3)nn2CC1=O. The number of amides is 1. The predicted molar refractivity (Wildman–Crippen MR) is 117 cm³/mol. The number of anilines is 2. The van der Waals surface area contributed by atoms with E-state index in [2.05, 4.69) is 26.5 Å². The number of aromatic nitrogens is 4. The van der Waals surface area contributed by atoms with Crippen LogP contribution in [0.3, 0.4) is 0 Å². The summed E-state index contributed by atoms with van der Waals surface area (Å²) in [5.41, 5.74) is 4.72. The highest BCUT2D eigenvalue weighted by Gasteiger charge is 2.35. The van der Waals surface area contributed by atoms with Gasteiger partial charge < -0.3 is 15.3 Å². The molecule has 2 aromatic heterocycles. The van der Waals surface area contributed by atoms with Crippen molar-refractivity contribution in [1.29, 1.82) is 5.26 Å². The van der Waals surface area contributed by atoms with Gasteiger partial charge in [-0.15, -0.1) is 0 Å². The number of hydrogen-bond acceptors (Lipinski definition) is 7. The molecule has 0 spiro atoms. The molecule has 0 saturated heterocycles. The number of nitrogens with one attached hydrogen (secondary N) is 1. The fourth-order valence-electron chi connectivity index (χ4n) is 4.48. The molecule has 5 rings (SSSR count). The van der Waals surface area contributed by atoms with Crippen molar-refractivity contribution in [2.75, 3.05) is 19.0 Å². The van der Waals surface area contributed by atoms with E-state index in [1.807, 2.05) is 25.1 Å². The lowest BCUT2D eigenvalue weighted by molar-refractivity contribution is -0.132.